The summed E-state index contributed by atoms with van der Waals surface area (Å²) in [5.41, 5.74) is 2.12. The van der Waals surface area contributed by atoms with Crippen LogP contribution in [0.4, 0.5) is 5.82 Å². The maximum absolute atomic E-state index is 12.3. The number of nitrogens with zero attached hydrogens (tertiary/aromatic N) is 4. The van der Waals surface area contributed by atoms with Gasteiger partial charge in [0.15, 0.2) is 0 Å². The average Bonchev–Trinajstić information content (AvgIpc) is 3.24. The molecule has 148 valence electrons. The largest absolute Gasteiger partial charge is 0.373 e. The molecule has 3 heterocycles. The fourth-order valence-corrected chi connectivity index (χ4v) is 4.51. The fraction of sp³-hybridized carbons (Fsp3) is 0.750. The number of aromatic nitrogens is 2. The maximum Gasteiger partial charge on any atom is 0.291 e. The number of rotatable bonds is 4. The van der Waals surface area contributed by atoms with E-state index in [0.29, 0.717) is 12.1 Å². The lowest BCUT2D eigenvalue weighted by atomic mass is 9.77. The summed E-state index contributed by atoms with van der Waals surface area (Å²) in [5, 5.41) is 3.81. The molecular weight excluding hydrogens is 342 g/mol. The number of nitrogens with one attached hydrogen (secondary N) is 1. The van der Waals surface area contributed by atoms with Gasteiger partial charge >= 0.3 is 0 Å². The molecule has 1 aromatic rings. The van der Waals surface area contributed by atoms with Gasteiger partial charge in [0.25, 0.3) is 5.91 Å². The molecule has 3 aliphatic rings. The van der Waals surface area contributed by atoms with Crippen LogP contribution < -0.4 is 10.2 Å². The van der Waals surface area contributed by atoms with Crippen LogP contribution in [0.15, 0.2) is 0 Å². The Bertz CT molecular complexity index is 731. The number of hydrogen-bond acceptors (Lipinski definition) is 6. The second-order valence-electron chi connectivity index (χ2n) is 8.63. The molecule has 1 saturated carbocycles. The van der Waals surface area contributed by atoms with Gasteiger partial charge in [0, 0.05) is 50.5 Å². The molecule has 7 heteroatoms. The second kappa shape index (κ2) is 7.02. The van der Waals surface area contributed by atoms with Gasteiger partial charge in [-0.3, -0.25) is 4.79 Å². The number of carbonyl (C=O) groups is 1. The third-order valence-corrected chi connectivity index (χ3v) is 6.39. The van der Waals surface area contributed by atoms with Crippen molar-refractivity contribution in [2.24, 2.45) is 0 Å². The Labute approximate surface area is 161 Å². The number of carbonyl (C=O) groups excluding carboxylic acids is 1. The lowest BCUT2D eigenvalue weighted by molar-refractivity contribution is -0.0563. The summed E-state index contributed by atoms with van der Waals surface area (Å²) in [5.74, 6) is 1.03. The Hall–Kier alpha value is -1.73. The molecule has 7 nitrogen and oxygen atoms in total. The van der Waals surface area contributed by atoms with Crippen molar-refractivity contribution in [1.82, 2.24) is 20.2 Å². The monoisotopic (exact) mass is 373 g/mol. The molecule has 2 aliphatic heterocycles. The van der Waals surface area contributed by atoms with E-state index in [2.05, 4.69) is 20.2 Å². The first-order chi connectivity index (χ1) is 12.9. The zero-order valence-electron chi connectivity index (χ0n) is 16.9. The summed E-state index contributed by atoms with van der Waals surface area (Å²) < 4.78 is 6.07. The van der Waals surface area contributed by atoms with Crippen LogP contribution in [0.3, 0.4) is 0 Å². The minimum Gasteiger partial charge on any atom is -0.373 e. The Morgan fingerprint density at radius 1 is 1.26 bits per heavy atom. The third kappa shape index (κ3) is 3.55. The van der Waals surface area contributed by atoms with Crippen molar-refractivity contribution in [2.75, 3.05) is 38.7 Å². The minimum atomic E-state index is -0.151. The number of hydrogen-bond donors (Lipinski definition) is 1. The Morgan fingerprint density at radius 3 is 2.67 bits per heavy atom. The summed E-state index contributed by atoms with van der Waals surface area (Å²) >= 11 is 0. The lowest BCUT2D eigenvalue weighted by Gasteiger charge is -2.37. The van der Waals surface area contributed by atoms with Crippen LogP contribution in [0, 0.1) is 13.8 Å². The molecule has 1 N–H and O–H groups in total. The molecule has 1 amide bonds. The van der Waals surface area contributed by atoms with Gasteiger partial charge in [0.1, 0.15) is 5.82 Å². The summed E-state index contributed by atoms with van der Waals surface area (Å²) in [6, 6.07) is 0.908. The summed E-state index contributed by atoms with van der Waals surface area (Å²) in [6.07, 6.45) is 6.00. The van der Waals surface area contributed by atoms with E-state index < -0.39 is 0 Å². The van der Waals surface area contributed by atoms with Crippen LogP contribution in [-0.4, -0.2) is 72.3 Å². The van der Waals surface area contributed by atoms with Gasteiger partial charge in [-0.05, 0) is 46.0 Å². The first kappa shape index (κ1) is 18.6. The van der Waals surface area contributed by atoms with Crippen LogP contribution in [0.25, 0.3) is 0 Å². The highest BCUT2D eigenvalue weighted by Crippen LogP contribution is 2.43. The Balaban J connectivity index is 1.43. The number of aryl methyl sites for hydroxylation is 1. The maximum atomic E-state index is 12.3. The van der Waals surface area contributed by atoms with Crippen molar-refractivity contribution < 1.29 is 9.53 Å². The van der Waals surface area contributed by atoms with Crippen LogP contribution in [0.1, 0.15) is 54.0 Å². The van der Waals surface area contributed by atoms with E-state index in [1.54, 1.807) is 14.1 Å². The number of ether oxygens (including phenoxy) is 1. The van der Waals surface area contributed by atoms with Gasteiger partial charge in [-0.1, -0.05) is 0 Å². The van der Waals surface area contributed by atoms with E-state index in [0.717, 1.165) is 49.6 Å². The Kier molecular flexibility index (Phi) is 4.84. The van der Waals surface area contributed by atoms with E-state index >= 15 is 0 Å². The van der Waals surface area contributed by atoms with Gasteiger partial charge in [-0.25, -0.2) is 9.97 Å². The van der Waals surface area contributed by atoms with Crippen molar-refractivity contribution in [3.8, 4) is 0 Å². The van der Waals surface area contributed by atoms with Crippen molar-refractivity contribution in [2.45, 2.75) is 63.6 Å². The average molecular weight is 374 g/mol. The molecule has 1 spiro atoms. The predicted molar refractivity (Wildman–Crippen MR) is 104 cm³/mol. The molecular formula is C20H31N5O2. The molecule has 1 aliphatic carbocycles. The van der Waals surface area contributed by atoms with E-state index in [1.165, 1.54) is 24.2 Å². The van der Waals surface area contributed by atoms with Crippen molar-refractivity contribution in [3.63, 3.8) is 0 Å². The molecule has 0 aromatic carbocycles. The van der Waals surface area contributed by atoms with Crippen molar-refractivity contribution in [1.29, 1.82) is 0 Å². The van der Waals surface area contributed by atoms with Gasteiger partial charge in [-0.15, -0.1) is 0 Å². The first-order valence-electron chi connectivity index (χ1n) is 10.1. The standard InChI is InChI=1S/C20H31N5O2/c1-13-14(2)21-17(19(26)24(3)4)23-18(13)25-9-6-15(11-25)22-16-10-20(27-12-16)7-5-8-20/h15-16,22H,5-12H2,1-4H3/t15-,16?/m1/s1. The Morgan fingerprint density at radius 2 is 2.04 bits per heavy atom. The molecule has 4 rings (SSSR count). The molecule has 2 atom stereocenters. The van der Waals surface area contributed by atoms with Gasteiger partial charge in [-0.2, -0.15) is 0 Å². The molecule has 0 bridgehead atoms. The molecule has 27 heavy (non-hydrogen) atoms. The quantitative estimate of drug-likeness (QED) is 0.866. The van der Waals surface area contributed by atoms with E-state index in [9.17, 15) is 4.79 Å². The SMILES string of the molecule is Cc1nc(C(=O)N(C)C)nc(N2CC[C@@H](NC3COC4(CCC4)C3)C2)c1C. The molecule has 2 saturated heterocycles. The molecule has 1 unspecified atom stereocenters. The molecule has 0 radical (unpaired) electrons. The minimum absolute atomic E-state index is 0.151. The van der Waals surface area contributed by atoms with Gasteiger partial charge < -0.3 is 19.9 Å². The third-order valence-electron chi connectivity index (χ3n) is 6.39. The highest BCUT2D eigenvalue weighted by Gasteiger charge is 2.45. The van der Waals surface area contributed by atoms with Crippen LogP contribution in [0.5, 0.6) is 0 Å². The van der Waals surface area contributed by atoms with Crippen molar-refractivity contribution in [3.05, 3.63) is 17.1 Å². The summed E-state index contributed by atoms with van der Waals surface area (Å²) in [6.45, 7) is 6.69. The first-order valence-corrected chi connectivity index (χ1v) is 10.1. The smallest absolute Gasteiger partial charge is 0.291 e. The van der Waals surface area contributed by atoms with Gasteiger partial charge in [0.2, 0.25) is 5.82 Å². The second-order valence-corrected chi connectivity index (χ2v) is 8.63. The zero-order valence-corrected chi connectivity index (χ0v) is 16.9. The van der Waals surface area contributed by atoms with E-state index in [1.807, 2.05) is 13.8 Å². The zero-order chi connectivity index (χ0) is 19.2. The van der Waals surface area contributed by atoms with Gasteiger partial charge in [0.05, 0.1) is 12.2 Å². The number of anilines is 1. The molecule has 1 aromatic heterocycles. The lowest BCUT2D eigenvalue weighted by Crippen LogP contribution is -2.42. The fourth-order valence-electron chi connectivity index (χ4n) is 4.51. The van der Waals surface area contributed by atoms with E-state index in [-0.39, 0.29) is 17.3 Å². The van der Waals surface area contributed by atoms with Crippen LogP contribution >= 0.6 is 0 Å². The predicted octanol–water partition coefficient (Wildman–Crippen LogP) is 1.68. The topological polar surface area (TPSA) is 70.6 Å². The van der Waals surface area contributed by atoms with Crippen molar-refractivity contribution >= 4 is 11.7 Å². The highest BCUT2D eigenvalue weighted by atomic mass is 16.5. The molecule has 3 fully saturated rings. The summed E-state index contributed by atoms with van der Waals surface area (Å²) in [7, 11) is 3.46. The number of amides is 1. The van der Waals surface area contributed by atoms with Crippen LogP contribution in [-0.2, 0) is 4.74 Å². The normalized spacial score (nSPS) is 26.4. The highest BCUT2D eigenvalue weighted by molar-refractivity contribution is 5.90. The van der Waals surface area contributed by atoms with E-state index in [4.69, 9.17) is 4.74 Å². The summed E-state index contributed by atoms with van der Waals surface area (Å²) in [4.78, 5) is 25.2. The van der Waals surface area contributed by atoms with Crippen LogP contribution in [0.2, 0.25) is 0 Å².